The van der Waals surface area contributed by atoms with Gasteiger partial charge in [-0.1, -0.05) is 0 Å². The first-order chi connectivity index (χ1) is 10.8. The quantitative estimate of drug-likeness (QED) is 0.605. The van der Waals surface area contributed by atoms with Crippen molar-refractivity contribution in [3.05, 3.63) is 42.7 Å². The van der Waals surface area contributed by atoms with Gasteiger partial charge in [-0.3, -0.25) is 0 Å². The van der Waals surface area contributed by atoms with Gasteiger partial charge < -0.3 is 19.4 Å². The van der Waals surface area contributed by atoms with Crippen molar-refractivity contribution >= 4 is 21.8 Å². The molecule has 4 aromatic rings. The van der Waals surface area contributed by atoms with E-state index < -0.39 is 0 Å². The van der Waals surface area contributed by atoms with Crippen LogP contribution in [-0.4, -0.2) is 29.2 Å². The molecule has 0 aliphatic heterocycles. The number of benzene rings is 1. The van der Waals surface area contributed by atoms with Crippen LogP contribution in [0.25, 0.3) is 33.2 Å². The van der Waals surface area contributed by atoms with Crippen molar-refractivity contribution in [3.63, 3.8) is 0 Å². The number of nitrogens with one attached hydrogen (secondary N) is 2. The molecule has 0 spiro atoms. The summed E-state index contributed by atoms with van der Waals surface area (Å²) in [6.07, 6.45) is 3.81. The summed E-state index contributed by atoms with van der Waals surface area (Å²) in [7, 11) is 3.30. The monoisotopic (exact) mass is 293 g/mol. The lowest BCUT2D eigenvalue weighted by Gasteiger charge is -2.11. The van der Waals surface area contributed by atoms with Crippen LogP contribution < -0.4 is 9.47 Å². The molecule has 0 amide bonds. The maximum atomic E-state index is 5.54. The first kappa shape index (κ1) is 12.8. The Morgan fingerprint density at radius 2 is 1.91 bits per heavy atom. The van der Waals surface area contributed by atoms with Crippen LogP contribution in [0.3, 0.4) is 0 Å². The van der Waals surface area contributed by atoms with E-state index in [0.717, 1.165) is 44.7 Å². The van der Waals surface area contributed by atoms with Gasteiger partial charge >= 0.3 is 0 Å². The van der Waals surface area contributed by atoms with Crippen molar-refractivity contribution in [2.45, 2.75) is 0 Å². The summed E-state index contributed by atoms with van der Waals surface area (Å²) < 4.78 is 10.9. The molecule has 0 unspecified atom stereocenters. The molecule has 0 saturated carbocycles. The second-order valence-electron chi connectivity index (χ2n) is 5.03. The Morgan fingerprint density at radius 1 is 1.00 bits per heavy atom. The molecule has 1 aromatic carbocycles. The number of ether oxygens (including phenoxy) is 2. The second kappa shape index (κ2) is 4.80. The van der Waals surface area contributed by atoms with E-state index in [1.54, 1.807) is 14.2 Å². The molecule has 0 bridgehead atoms. The SMILES string of the molecule is COc1cc(OC)c2c(c1)nc(-c1ccc[nH]1)c1[nH]ccc12. The van der Waals surface area contributed by atoms with Crippen molar-refractivity contribution < 1.29 is 9.47 Å². The van der Waals surface area contributed by atoms with E-state index in [9.17, 15) is 0 Å². The van der Waals surface area contributed by atoms with Gasteiger partial charge in [-0.05, 0) is 18.2 Å². The Morgan fingerprint density at radius 3 is 2.64 bits per heavy atom. The van der Waals surface area contributed by atoms with Gasteiger partial charge in [0.25, 0.3) is 0 Å². The van der Waals surface area contributed by atoms with E-state index in [4.69, 9.17) is 14.5 Å². The van der Waals surface area contributed by atoms with Crippen LogP contribution in [0.15, 0.2) is 42.7 Å². The van der Waals surface area contributed by atoms with Crippen LogP contribution in [0.5, 0.6) is 11.5 Å². The fourth-order valence-corrected chi connectivity index (χ4v) is 2.84. The van der Waals surface area contributed by atoms with E-state index in [-0.39, 0.29) is 0 Å². The highest BCUT2D eigenvalue weighted by molar-refractivity contribution is 6.12. The molecular weight excluding hydrogens is 278 g/mol. The lowest BCUT2D eigenvalue weighted by molar-refractivity contribution is 0.398. The standard InChI is InChI=1S/C17H15N3O2/c1-21-10-8-13-15(14(9-10)22-2)11-5-7-19-16(11)17(20-13)12-4-3-6-18-12/h3-9,18-19H,1-2H3. The minimum Gasteiger partial charge on any atom is -0.497 e. The first-order valence-corrected chi connectivity index (χ1v) is 6.98. The van der Waals surface area contributed by atoms with Crippen LogP contribution in [0.4, 0.5) is 0 Å². The number of pyridine rings is 1. The lowest BCUT2D eigenvalue weighted by atomic mass is 10.1. The zero-order chi connectivity index (χ0) is 15.1. The molecule has 3 aromatic heterocycles. The van der Waals surface area contributed by atoms with E-state index in [2.05, 4.69) is 9.97 Å². The highest BCUT2D eigenvalue weighted by Crippen LogP contribution is 2.38. The van der Waals surface area contributed by atoms with E-state index in [0.29, 0.717) is 0 Å². The Kier molecular flexibility index (Phi) is 2.79. The third-order valence-electron chi connectivity index (χ3n) is 3.85. The number of methoxy groups -OCH3 is 2. The molecule has 0 radical (unpaired) electrons. The van der Waals surface area contributed by atoms with E-state index in [1.165, 1.54) is 0 Å². The molecule has 5 heteroatoms. The number of fused-ring (bicyclic) bond motifs is 3. The maximum absolute atomic E-state index is 5.54. The molecule has 3 heterocycles. The number of aromatic amines is 2. The minimum absolute atomic E-state index is 0.726. The lowest BCUT2D eigenvalue weighted by Crippen LogP contribution is -1.93. The molecule has 5 nitrogen and oxygen atoms in total. The summed E-state index contributed by atoms with van der Waals surface area (Å²) in [5.74, 6) is 1.48. The summed E-state index contributed by atoms with van der Waals surface area (Å²) in [5.41, 5.74) is 3.68. The zero-order valence-electron chi connectivity index (χ0n) is 12.3. The smallest absolute Gasteiger partial charge is 0.132 e. The number of aromatic nitrogens is 3. The van der Waals surface area contributed by atoms with Gasteiger partial charge in [0.15, 0.2) is 0 Å². The number of rotatable bonds is 3. The van der Waals surface area contributed by atoms with Crippen LogP contribution in [0.1, 0.15) is 0 Å². The molecule has 22 heavy (non-hydrogen) atoms. The van der Waals surface area contributed by atoms with E-state index in [1.807, 2.05) is 42.7 Å². The Balaban J connectivity index is 2.16. The summed E-state index contributed by atoms with van der Waals surface area (Å²) in [6.45, 7) is 0. The zero-order valence-corrected chi connectivity index (χ0v) is 12.3. The van der Waals surface area contributed by atoms with Gasteiger partial charge in [0, 0.05) is 29.9 Å². The second-order valence-corrected chi connectivity index (χ2v) is 5.03. The molecule has 0 saturated heterocycles. The van der Waals surface area contributed by atoms with Gasteiger partial charge in [-0.2, -0.15) is 0 Å². The van der Waals surface area contributed by atoms with Crippen molar-refractivity contribution in [2.24, 2.45) is 0 Å². The van der Waals surface area contributed by atoms with Crippen molar-refractivity contribution in [2.75, 3.05) is 14.2 Å². The normalized spacial score (nSPS) is 11.2. The van der Waals surface area contributed by atoms with Gasteiger partial charge in [-0.25, -0.2) is 4.98 Å². The van der Waals surface area contributed by atoms with Crippen molar-refractivity contribution in [1.29, 1.82) is 0 Å². The largest absolute Gasteiger partial charge is 0.497 e. The summed E-state index contributed by atoms with van der Waals surface area (Å²) in [5, 5.41) is 2.06. The molecule has 4 rings (SSSR count). The third kappa shape index (κ3) is 1.75. The molecule has 0 aliphatic rings. The van der Waals surface area contributed by atoms with Crippen molar-refractivity contribution in [1.82, 2.24) is 15.0 Å². The van der Waals surface area contributed by atoms with Crippen LogP contribution in [-0.2, 0) is 0 Å². The average Bonchev–Trinajstić information content (AvgIpc) is 3.24. The predicted molar refractivity (Wildman–Crippen MR) is 86.5 cm³/mol. The highest BCUT2D eigenvalue weighted by atomic mass is 16.5. The number of H-pyrrole nitrogens is 2. The topological polar surface area (TPSA) is 62.9 Å². The fourth-order valence-electron chi connectivity index (χ4n) is 2.84. The molecule has 2 N–H and O–H groups in total. The predicted octanol–water partition coefficient (Wildman–Crippen LogP) is 3.73. The summed E-state index contributed by atoms with van der Waals surface area (Å²) in [6, 6.07) is 9.82. The minimum atomic E-state index is 0.726. The molecule has 110 valence electrons. The Hall–Kier alpha value is -2.95. The molecule has 0 atom stereocenters. The number of nitrogens with zero attached hydrogens (tertiary/aromatic N) is 1. The molecular formula is C17H15N3O2. The van der Waals surface area contributed by atoms with Crippen molar-refractivity contribution in [3.8, 4) is 22.9 Å². The summed E-state index contributed by atoms with van der Waals surface area (Å²) >= 11 is 0. The highest BCUT2D eigenvalue weighted by Gasteiger charge is 2.16. The Labute approximate surface area is 126 Å². The molecule has 0 fully saturated rings. The Bertz CT molecular complexity index is 955. The van der Waals surface area contributed by atoms with Crippen LogP contribution >= 0.6 is 0 Å². The van der Waals surface area contributed by atoms with Crippen LogP contribution in [0.2, 0.25) is 0 Å². The number of hydrogen-bond donors (Lipinski definition) is 2. The first-order valence-electron chi connectivity index (χ1n) is 6.98. The van der Waals surface area contributed by atoms with Gasteiger partial charge in [-0.15, -0.1) is 0 Å². The average molecular weight is 293 g/mol. The van der Waals surface area contributed by atoms with Gasteiger partial charge in [0.1, 0.15) is 17.2 Å². The number of hydrogen-bond acceptors (Lipinski definition) is 3. The van der Waals surface area contributed by atoms with Gasteiger partial charge in [0.2, 0.25) is 0 Å². The summed E-state index contributed by atoms with van der Waals surface area (Å²) in [4.78, 5) is 11.3. The fraction of sp³-hybridized carbons (Fsp3) is 0.118. The van der Waals surface area contributed by atoms with E-state index >= 15 is 0 Å². The third-order valence-corrected chi connectivity index (χ3v) is 3.85. The molecule has 0 aliphatic carbocycles. The maximum Gasteiger partial charge on any atom is 0.132 e. The van der Waals surface area contributed by atoms with Gasteiger partial charge in [0.05, 0.1) is 36.3 Å². The van der Waals surface area contributed by atoms with Crippen LogP contribution in [0, 0.1) is 0 Å².